The smallest absolute Gasteiger partial charge is 0.253 e. The average molecular weight is 483 g/mol. The lowest BCUT2D eigenvalue weighted by atomic mass is 10.0. The number of rotatable bonds is 4. The van der Waals surface area contributed by atoms with E-state index in [9.17, 15) is 9.59 Å². The molecule has 1 aliphatic heterocycles. The quantitative estimate of drug-likeness (QED) is 0.478. The minimum absolute atomic E-state index is 0.0647. The number of imidazole rings is 1. The number of amides is 2. The normalized spacial score (nSPS) is 14.8. The van der Waals surface area contributed by atoms with Crippen LogP contribution in [0.3, 0.4) is 0 Å². The van der Waals surface area contributed by atoms with Crippen molar-refractivity contribution < 1.29 is 9.59 Å². The van der Waals surface area contributed by atoms with Gasteiger partial charge in [-0.3, -0.25) is 23.9 Å². The molecular formula is C28H30N6O2. The van der Waals surface area contributed by atoms with E-state index in [2.05, 4.69) is 35.6 Å². The Morgan fingerprint density at radius 1 is 0.806 bits per heavy atom. The Morgan fingerprint density at radius 2 is 1.42 bits per heavy atom. The molecule has 0 bridgehead atoms. The average Bonchev–Trinajstić information content (AvgIpc) is 3.31. The van der Waals surface area contributed by atoms with Crippen molar-refractivity contribution in [2.24, 2.45) is 5.73 Å². The van der Waals surface area contributed by atoms with E-state index in [0.717, 1.165) is 48.7 Å². The van der Waals surface area contributed by atoms with Crippen molar-refractivity contribution in [1.29, 1.82) is 0 Å². The van der Waals surface area contributed by atoms with E-state index in [1.165, 1.54) is 0 Å². The minimum Gasteiger partial charge on any atom is -0.366 e. The molecule has 1 aliphatic rings. The van der Waals surface area contributed by atoms with Crippen molar-refractivity contribution in [3.05, 3.63) is 78.2 Å². The number of primary amides is 1. The van der Waals surface area contributed by atoms with Crippen molar-refractivity contribution in [1.82, 2.24) is 24.2 Å². The van der Waals surface area contributed by atoms with Gasteiger partial charge in [0, 0.05) is 60.2 Å². The van der Waals surface area contributed by atoms with Crippen molar-refractivity contribution >= 4 is 17.5 Å². The maximum absolute atomic E-state index is 13.1. The van der Waals surface area contributed by atoms with E-state index >= 15 is 0 Å². The van der Waals surface area contributed by atoms with Crippen LogP contribution >= 0.6 is 0 Å². The maximum Gasteiger partial charge on any atom is 0.253 e. The molecular weight excluding hydrogens is 452 g/mol. The Morgan fingerprint density at radius 3 is 2.03 bits per heavy atom. The van der Waals surface area contributed by atoms with Crippen molar-refractivity contribution in [3.63, 3.8) is 0 Å². The Labute approximate surface area is 210 Å². The summed E-state index contributed by atoms with van der Waals surface area (Å²) in [5, 5.41) is 0. The molecule has 4 aromatic rings. The predicted molar refractivity (Wildman–Crippen MR) is 140 cm³/mol. The lowest BCUT2D eigenvalue weighted by Crippen LogP contribution is -2.54. The second kappa shape index (κ2) is 9.20. The zero-order chi connectivity index (χ0) is 25.4. The van der Waals surface area contributed by atoms with Gasteiger partial charge in [-0.1, -0.05) is 24.3 Å². The first kappa shape index (κ1) is 23.7. The van der Waals surface area contributed by atoms with Crippen LogP contribution in [-0.2, 0) is 0 Å². The van der Waals surface area contributed by atoms with Crippen LogP contribution in [0.15, 0.2) is 67.1 Å². The maximum atomic E-state index is 13.1. The first-order chi connectivity index (χ1) is 17.2. The van der Waals surface area contributed by atoms with Crippen LogP contribution in [0.2, 0.25) is 0 Å². The molecule has 0 radical (unpaired) electrons. The fourth-order valence-electron chi connectivity index (χ4n) is 4.60. The molecule has 0 atom stereocenters. The molecule has 1 saturated heterocycles. The number of nitrogens with two attached hydrogens (primary N) is 1. The Balaban J connectivity index is 1.35. The minimum atomic E-state index is -0.458. The van der Waals surface area contributed by atoms with Gasteiger partial charge in [0.1, 0.15) is 0 Å². The summed E-state index contributed by atoms with van der Waals surface area (Å²) in [7, 11) is 0. The molecule has 2 aromatic heterocycles. The summed E-state index contributed by atoms with van der Waals surface area (Å²) < 4.78 is 1.97. The summed E-state index contributed by atoms with van der Waals surface area (Å²) in [5.74, 6) is -0.393. The number of hydrogen-bond acceptors (Lipinski definition) is 5. The number of benzene rings is 2. The molecule has 0 aliphatic carbocycles. The number of nitrogens with zero attached hydrogens (tertiary/aromatic N) is 5. The predicted octanol–water partition coefficient (Wildman–Crippen LogP) is 3.72. The number of hydrogen-bond donors (Lipinski definition) is 1. The second-order valence-electron chi connectivity index (χ2n) is 10.1. The third-order valence-corrected chi connectivity index (χ3v) is 6.80. The van der Waals surface area contributed by atoms with Gasteiger partial charge in [-0.25, -0.2) is 4.98 Å². The van der Waals surface area contributed by atoms with Crippen LogP contribution in [0.25, 0.3) is 28.2 Å². The van der Waals surface area contributed by atoms with Gasteiger partial charge in [-0.15, -0.1) is 0 Å². The number of piperazine rings is 1. The van der Waals surface area contributed by atoms with Crippen LogP contribution in [0.5, 0.6) is 0 Å². The van der Waals surface area contributed by atoms with Crippen molar-refractivity contribution in [2.75, 3.05) is 26.2 Å². The summed E-state index contributed by atoms with van der Waals surface area (Å²) in [6.45, 7) is 9.87. The standard InChI is InChI=1S/C28H30N6O2/c1-28(2,3)33-14-12-32(13-15-33)27(36)22-10-4-19(5-11-22)23-18-34-24(16-31-25(34)17-30-23)20-6-8-21(9-7-20)26(29)35/h4-11,16-18H,12-15H2,1-3H3,(H2,29,35). The van der Waals surface area contributed by atoms with Gasteiger partial charge in [0.25, 0.3) is 5.91 Å². The Bertz CT molecular complexity index is 1410. The number of carbonyl (C=O) groups excluding carboxylic acids is 2. The summed E-state index contributed by atoms with van der Waals surface area (Å²) >= 11 is 0. The second-order valence-corrected chi connectivity index (χ2v) is 10.1. The monoisotopic (exact) mass is 482 g/mol. The van der Waals surface area contributed by atoms with Crippen molar-refractivity contribution in [3.8, 4) is 22.5 Å². The highest BCUT2D eigenvalue weighted by Gasteiger charge is 2.28. The van der Waals surface area contributed by atoms with Gasteiger partial charge < -0.3 is 10.6 Å². The number of fused-ring (bicyclic) bond motifs is 1. The Kier molecular flexibility index (Phi) is 6.05. The number of carbonyl (C=O) groups is 2. The molecule has 0 unspecified atom stereocenters. The van der Waals surface area contributed by atoms with E-state index in [-0.39, 0.29) is 11.4 Å². The zero-order valence-electron chi connectivity index (χ0n) is 20.8. The molecule has 2 N–H and O–H groups in total. The molecule has 184 valence electrons. The summed E-state index contributed by atoms with van der Waals surface area (Å²) in [6.07, 6.45) is 5.44. The van der Waals surface area contributed by atoms with Gasteiger partial charge in [-0.05, 0) is 45.0 Å². The largest absolute Gasteiger partial charge is 0.366 e. The van der Waals surface area contributed by atoms with Gasteiger partial charge >= 0.3 is 0 Å². The van der Waals surface area contributed by atoms with E-state index < -0.39 is 5.91 Å². The summed E-state index contributed by atoms with van der Waals surface area (Å²) in [6, 6.07) is 14.7. The molecule has 0 spiro atoms. The summed E-state index contributed by atoms with van der Waals surface area (Å²) in [5.41, 5.74) is 10.8. The van der Waals surface area contributed by atoms with E-state index in [0.29, 0.717) is 16.8 Å². The van der Waals surface area contributed by atoms with Crippen LogP contribution in [-0.4, -0.2) is 67.7 Å². The first-order valence-electron chi connectivity index (χ1n) is 12.1. The van der Waals surface area contributed by atoms with Crippen LogP contribution < -0.4 is 5.73 Å². The third-order valence-electron chi connectivity index (χ3n) is 6.80. The fraction of sp³-hybridized carbons (Fsp3) is 0.286. The van der Waals surface area contributed by atoms with Crippen molar-refractivity contribution in [2.45, 2.75) is 26.3 Å². The lowest BCUT2D eigenvalue weighted by molar-refractivity contribution is 0.0451. The molecule has 2 aromatic carbocycles. The van der Waals surface area contributed by atoms with E-state index in [4.69, 9.17) is 5.73 Å². The molecule has 2 amide bonds. The van der Waals surface area contributed by atoms with E-state index in [1.807, 2.05) is 51.9 Å². The lowest BCUT2D eigenvalue weighted by Gasteiger charge is -2.42. The molecule has 0 saturated carbocycles. The molecule has 8 heteroatoms. The zero-order valence-corrected chi connectivity index (χ0v) is 20.8. The molecule has 3 heterocycles. The van der Waals surface area contributed by atoms with Gasteiger partial charge in [-0.2, -0.15) is 0 Å². The van der Waals surface area contributed by atoms with Crippen LogP contribution in [0, 0.1) is 0 Å². The topological polar surface area (TPSA) is 96.8 Å². The van der Waals surface area contributed by atoms with Gasteiger partial charge in [0.2, 0.25) is 5.91 Å². The van der Waals surface area contributed by atoms with Crippen LogP contribution in [0.4, 0.5) is 0 Å². The van der Waals surface area contributed by atoms with E-state index in [1.54, 1.807) is 24.5 Å². The highest BCUT2D eigenvalue weighted by molar-refractivity contribution is 5.95. The fourth-order valence-corrected chi connectivity index (χ4v) is 4.60. The third kappa shape index (κ3) is 4.59. The van der Waals surface area contributed by atoms with Gasteiger partial charge in [0.15, 0.2) is 5.65 Å². The first-order valence-corrected chi connectivity index (χ1v) is 12.1. The summed E-state index contributed by atoms with van der Waals surface area (Å²) in [4.78, 5) is 37.8. The van der Waals surface area contributed by atoms with Crippen LogP contribution in [0.1, 0.15) is 41.5 Å². The molecule has 5 rings (SSSR count). The highest BCUT2D eigenvalue weighted by Crippen LogP contribution is 2.25. The highest BCUT2D eigenvalue weighted by atomic mass is 16.2. The van der Waals surface area contributed by atoms with Gasteiger partial charge in [0.05, 0.1) is 23.8 Å². The number of aromatic nitrogens is 3. The molecule has 1 fully saturated rings. The molecule has 8 nitrogen and oxygen atoms in total. The molecule has 36 heavy (non-hydrogen) atoms. The SMILES string of the molecule is CC(C)(C)N1CCN(C(=O)c2ccc(-c3cn4c(-c5ccc(C(N)=O)cc5)cnc4cn3)cc2)CC1. The Hall–Kier alpha value is -4.04.